The fraction of sp³-hybridized carbons (Fsp3) is 0. The second-order valence-electron chi connectivity index (χ2n) is 2.97. The molecule has 0 saturated heterocycles. The van der Waals surface area contributed by atoms with Crippen LogP contribution in [0.25, 0.3) is 16.8 Å². The third kappa shape index (κ3) is 1.79. The lowest BCUT2D eigenvalue weighted by molar-refractivity contribution is 0.429. The summed E-state index contributed by atoms with van der Waals surface area (Å²) >= 11 is 0. The van der Waals surface area contributed by atoms with Crippen molar-refractivity contribution in [1.82, 2.24) is 0 Å². The van der Waals surface area contributed by atoms with E-state index in [1.54, 1.807) is 24.3 Å². The van der Waals surface area contributed by atoms with Crippen molar-refractivity contribution < 1.29 is 8.78 Å². The molecule has 0 bridgehead atoms. The van der Waals surface area contributed by atoms with Crippen LogP contribution in [0.15, 0.2) is 42.5 Å². The molecule has 0 aliphatic carbocycles. The lowest BCUT2D eigenvalue weighted by Gasteiger charge is -1.97. The van der Waals surface area contributed by atoms with Gasteiger partial charge in [0.2, 0.25) is 0 Å². The summed E-state index contributed by atoms with van der Waals surface area (Å²) < 4.78 is 24.0. The van der Waals surface area contributed by atoms with Gasteiger partial charge in [0.25, 0.3) is 6.08 Å². The normalized spacial score (nSPS) is 10.1. The molecule has 0 unspecified atom stereocenters. The zero-order valence-corrected chi connectivity index (χ0v) is 7.30. The number of hydrogen-bond donors (Lipinski definition) is 0. The molecule has 69 valence electrons. The maximum Gasteiger partial charge on any atom is 0.270 e. The van der Waals surface area contributed by atoms with E-state index in [1.807, 2.05) is 12.1 Å². The van der Waals surface area contributed by atoms with Crippen LogP contribution >= 0.6 is 0 Å². The molecule has 0 saturated carbocycles. The van der Waals surface area contributed by atoms with Crippen LogP contribution in [0.2, 0.25) is 0 Å². The van der Waals surface area contributed by atoms with Crippen LogP contribution in [0.1, 0.15) is 5.56 Å². The second kappa shape index (κ2) is 3.58. The van der Waals surface area contributed by atoms with Gasteiger partial charge in [0, 0.05) is 6.08 Å². The highest BCUT2D eigenvalue weighted by Crippen LogP contribution is 2.17. The second-order valence-corrected chi connectivity index (χ2v) is 2.97. The molecule has 0 heterocycles. The molecule has 2 rings (SSSR count). The van der Waals surface area contributed by atoms with Crippen molar-refractivity contribution in [1.29, 1.82) is 0 Å². The van der Waals surface area contributed by atoms with Crippen LogP contribution < -0.4 is 0 Å². The smallest absolute Gasteiger partial charge is 0.173 e. The first-order chi connectivity index (χ1) is 6.75. The van der Waals surface area contributed by atoms with Crippen LogP contribution in [-0.2, 0) is 0 Å². The molecule has 0 aliphatic rings. The Labute approximate surface area is 80.5 Å². The van der Waals surface area contributed by atoms with Gasteiger partial charge in [-0.25, -0.2) is 0 Å². The minimum absolute atomic E-state index is 0.517. The number of halogens is 2. The minimum Gasteiger partial charge on any atom is -0.173 e. The summed E-state index contributed by atoms with van der Waals surface area (Å²) in [7, 11) is 0. The molecule has 0 nitrogen and oxygen atoms in total. The third-order valence-electron chi connectivity index (χ3n) is 1.98. The summed E-state index contributed by atoms with van der Waals surface area (Å²) in [4.78, 5) is 0. The van der Waals surface area contributed by atoms with Crippen molar-refractivity contribution >= 4 is 16.8 Å². The van der Waals surface area contributed by atoms with E-state index in [4.69, 9.17) is 0 Å². The van der Waals surface area contributed by atoms with Crippen molar-refractivity contribution in [3.8, 4) is 0 Å². The zero-order chi connectivity index (χ0) is 9.97. The topological polar surface area (TPSA) is 0 Å². The third-order valence-corrected chi connectivity index (χ3v) is 1.98. The monoisotopic (exact) mass is 189 g/mol. The van der Waals surface area contributed by atoms with Gasteiger partial charge < -0.3 is 0 Å². The van der Waals surface area contributed by atoms with Crippen LogP contribution in [0.4, 0.5) is 8.78 Å². The highest BCUT2D eigenvalue weighted by atomic mass is 19.3. The molecule has 0 fully saturated rings. The predicted molar refractivity (Wildman–Crippen MR) is 53.0 cm³/mol. The Morgan fingerprint density at radius 3 is 2.79 bits per heavy atom. The van der Waals surface area contributed by atoms with Gasteiger partial charge in [0.15, 0.2) is 0 Å². The fourth-order valence-corrected chi connectivity index (χ4v) is 1.36. The van der Waals surface area contributed by atoms with Gasteiger partial charge in [-0.1, -0.05) is 24.3 Å². The SMILES string of the molecule is FC(F)=Cc1ccc2c[c]ccc2c1. The first-order valence-electron chi connectivity index (χ1n) is 4.18. The van der Waals surface area contributed by atoms with Gasteiger partial charge >= 0.3 is 0 Å². The summed E-state index contributed by atoms with van der Waals surface area (Å²) in [6.45, 7) is 0. The van der Waals surface area contributed by atoms with Crippen molar-refractivity contribution in [2.45, 2.75) is 0 Å². The van der Waals surface area contributed by atoms with Crippen molar-refractivity contribution in [3.63, 3.8) is 0 Å². The van der Waals surface area contributed by atoms with Crippen molar-refractivity contribution in [2.75, 3.05) is 0 Å². The summed E-state index contributed by atoms with van der Waals surface area (Å²) in [6, 6.07) is 13.6. The summed E-state index contributed by atoms with van der Waals surface area (Å²) in [6.07, 6.45) is -0.817. The molecule has 0 amide bonds. The van der Waals surface area contributed by atoms with E-state index in [0.29, 0.717) is 5.56 Å². The maximum atomic E-state index is 12.0. The van der Waals surface area contributed by atoms with Gasteiger partial charge in [0.1, 0.15) is 0 Å². The molecule has 0 atom stereocenters. The van der Waals surface area contributed by atoms with Crippen LogP contribution in [0, 0.1) is 6.07 Å². The van der Waals surface area contributed by atoms with E-state index in [-0.39, 0.29) is 0 Å². The van der Waals surface area contributed by atoms with Gasteiger partial charge in [-0.2, -0.15) is 8.78 Å². The van der Waals surface area contributed by atoms with Crippen molar-refractivity contribution in [3.05, 3.63) is 54.1 Å². The van der Waals surface area contributed by atoms with E-state index in [1.165, 1.54) is 0 Å². The standard InChI is InChI=1S/C12H7F2/c13-12(14)8-9-5-6-10-3-1-2-4-11(10)7-9/h2-8H. The molecular weight excluding hydrogens is 182 g/mol. The predicted octanol–water partition coefficient (Wildman–Crippen LogP) is 3.88. The lowest BCUT2D eigenvalue weighted by Crippen LogP contribution is -1.75. The average Bonchev–Trinajstić information content (AvgIpc) is 2.17. The van der Waals surface area contributed by atoms with Gasteiger partial charge in [-0.3, -0.25) is 0 Å². The lowest BCUT2D eigenvalue weighted by atomic mass is 10.1. The average molecular weight is 189 g/mol. The highest BCUT2D eigenvalue weighted by molar-refractivity contribution is 5.84. The molecule has 2 aromatic carbocycles. The van der Waals surface area contributed by atoms with Crippen LogP contribution in [0.5, 0.6) is 0 Å². The highest BCUT2D eigenvalue weighted by Gasteiger charge is 1.95. The molecule has 2 aromatic rings. The largest absolute Gasteiger partial charge is 0.270 e. The van der Waals surface area contributed by atoms with Gasteiger partial charge in [-0.15, -0.1) is 0 Å². The summed E-state index contributed by atoms with van der Waals surface area (Å²) in [5.74, 6) is 0. The van der Waals surface area contributed by atoms with Crippen molar-refractivity contribution in [2.24, 2.45) is 0 Å². The molecule has 0 spiro atoms. The van der Waals surface area contributed by atoms with Crippen LogP contribution in [0.3, 0.4) is 0 Å². The first-order valence-corrected chi connectivity index (χ1v) is 4.18. The van der Waals surface area contributed by atoms with E-state index >= 15 is 0 Å². The zero-order valence-electron chi connectivity index (χ0n) is 7.30. The molecule has 14 heavy (non-hydrogen) atoms. The van der Waals surface area contributed by atoms with E-state index in [9.17, 15) is 8.78 Å². The van der Waals surface area contributed by atoms with E-state index in [0.717, 1.165) is 16.8 Å². The number of benzene rings is 2. The molecule has 1 radical (unpaired) electrons. The Kier molecular flexibility index (Phi) is 2.27. The number of rotatable bonds is 1. The Morgan fingerprint density at radius 2 is 2.00 bits per heavy atom. The quantitative estimate of drug-likeness (QED) is 0.638. The molecule has 2 heteroatoms. The Bertz CT molecular complexity index is 482. The molecule has 0 aliphatic heterocycles. The van der Waals surface area contributed by atoms with E-state index in [2.05, 4.69) is 6.07 Å². The van der Waals surface area contributed by atoms with Crippen LogP contribution in [-0.4, -0.2) is 0 Å². The first kappa shape index (κ1) is 8.88. The minimum atomic E-state index is -1.67. The Morgan fingerprint density at radius 1 is 1.14 bits per heavy atom. The molecule has 0 aromatic heterocycles. The van der Waals surface area contributed by atoms with E-state index < -0.39 is 6.08 Å². The summed E-state index contributed by atoms with van der Waals surface area (Å²) in [5, 5.41) is 1.95. The van der Waals surface area contributed by atoms with Gasteiger partial charge in [0.05, 0.1) is 0 Å². The Hall–Kier alpha value is -1.70. The fourth-order valence-electron chi connectivity index (χ4n) is 1.36. The Balaban J connectivity index is 2.57. The van der Waals surface area contributed by atoms with Gasteiger partial charge in [-0.05, 0) is 34.5 Å². The molecule has 0 N–H and O–H groups in total. The number of fused-ring (bicyclic) bond motifs is 1. The molecular formula is C12H7F2. The number of hydrogen-bond acceptors (Lipinski definition) is 0. The summed E-state index contributed by atoms with van der Waals surface area (Å²) in [5.41, 5.74) is 0.517. The maximum absolute atomic E-state index is 12.0.